The molecular weight excluding hydrogens is 380 g/mol. The Morgan fingerprint density at radius 3 is 2.50 bits per heavy atom. The molecule has 0 radical (unpaired) electrons. The predicted molar refractivity (Wildman–Crippen MR) is 106 cm³/mol. The third kappa shape index (κ3) is 3.65. The summed E-state index contributed by atoms with van der Waals surface area (Å²) in [6, 6.07) is 10.9. The van der Waals surface area contributed by atoms with Gasteiger partial charge in [-0.25, -0.2) is 13.2 Å². The van der Waals surface area contributed by atoms with Crippen molar-refractivity contribution in [1.29, 1.82) is 0 Å². The van der Waals surface area contributed by atoms with Crippen molar-refractivity contribution in [3.63, 3.8) is 0 Å². The number of hydrogen-bond acceptors (Lipinski definition) is 4. The van der Waals surface area contributed by atoms with Crippen LogP contribution in [-0.4, -0.2) is 30.3 Å². The first kappa shape index (κ1) is 18.3. The summed E-state index contributed by atoms with van der Waals surface area (Å²) in [5, 5.41) is 2.97. The number of benzene rings is 2. The molecule has 4 rings (SSSR count). The van der Waals surface area contributed by atoms with Crippen LogP contribution < -0.4 is 15.7 Å². The fourth-order valence-corrected chi connectivity index (χ4v) is 4.59. The highest BCUT2D eigenvalue weighted by atomic mass is 32.2. The zero-order valence-corrected chi connectivity index (χ0v) is 15.8. The van der Waals surface area contributed by atoms with Crippen LogP contribution in [0.5, 0.6) is 0 Å². The minimum Gasteiger partial charge on any atom is -0.349 e. The molecule has 0 aliphatic heterocycles. The molecule has 0 spiro atoms. The van der Waals surface area contributed by atoms with Crippen LogP contribution in [0, 0.1) is 0 Å². The Morgan fingerprint density at radius 2 is 1.71 bits per heavy atom. The first-order valence-electron chi connectivity index (χ1n) is 9.07. The molecule has 9 heteroatoms. The lowest BCUT2D eigenvalue weighted by Crippen LogP contribution is -2.33. The Hall–Kier alpha value is -3.07. The van der Waals surface area contributed by atoms with E-state index < -0.39 is 15.7 Å². The third-order valence-electron chi connectivity index (χ3n) is 4.90. The fraction of sp³-hybridized carbons (Fsp3) is 0.263. The molecule has 0 saturated heterocycles. The van der Waals surface area contributed by atoms with Crippen molar-refractivity contribution in [2.75, 3.05) is 4.72 Å². The van der Waals surface area contributed by atoms with Gasteiger partial charge in [-0.15, -0.1) is 0 Å². The van der Waals surface area contributed by atoms with E-state index in [1.165, 1.54) is 18.2 Å². The molecular formula is C19H20N4O4S. The van der Waals surface area contributed by atoms with Crippen molar-refractivity contribution in [3.8, 4) is 0 Å². The van der Waals surface area contributed by atoms with E-state index in [0.717, 1.165) is 25.7 Å². The molecule has 1 amide bonds. The van der Waals surface area contributed by atoms with Crippen LogP contribution in [0.3, 0.4) is 0 Å². The molecule has 0 atom stereocenters. The fourth-order valence-electron chi connectivity index (χ4n) is 3.49. The molecule has 0 unspecified atom stereocenters. The zero-order valence-electron chi connectivity index (χ0n) is 15.0. The molecule has 4 N–H and O–H groups in total. The summed E-state index contributed by atoms with van der Waals surface area (Å²) in [5.74, 6) is -0.296. The molecule has 1 aliphatic rings. The maximum atomic E-state index is 12.8. The molecule has 0 bridgehead atoms. The summed E-state index contributed by atoms with van der Waals surface area (Å²) in [5.41, 5.74) is 0.974. The van der Waals surface area contributed by atoms with E-state index >= 15 is 0 Å². The molecule has 8 nitrogen and oxygen atoms in total. The van der Waals surface area contributed by atoms with Crippen molar-refractivity contribution in [2.24, 2.45) is 0 Å². The molecule has 2 aromatic carbocycles. The number of H-pyrrole nitrogens is 2. The lowest BCUT2D eigenvalue weighted by atomic mass is 10.1. The number of carbonyl (C=O) groups is 1. The van der Waals surface area contributed by atoms with Crippen LogP contribution in [0.4, 0.5) is 5.69 Å². The van der Waals surface area contributed by atoms with Gasteiger partial charge in [0.25, 0.3) is 15.9 Å². The van der Waals surface area contributed by atoms with Gasteiger partial charge in [-0.2, -0.15) is 0 Å². The van der Waals surface area contributed by atoms with Crippen molar-refractivity contribution in [3.05, 3.63) is 58.5 Å². The normalized spacial score (nSPS) is 15.0. The standard InChI is InChI=1S/C19H20N4O4S/c24-18(20-12-5-1-2-6-12)14-7-3-4-8-15(14)23-28(26,27)13-9-10-16-17(11-13)22-19(25)21-16/h3-4,7-12,23H,1-2,5-6H2,(H,20,24)(H2,21,22,25). The van der Waals surface area contributed by atoms with Crippen LogP contribution in [0.15, 0.2) is 52.2 Å². The smallest absolute Gasteiger partial charge is 0.323 e. The zero-order chi connectivity index (χ0) is 19.7. The van der Waals surface area contributed by atoms with E-state index in [4.69, 9.17) is 0 Å². The molecule has 1 aliphatic carbocycles. The highest BCUT2D eigenvalue weighted by Gasteiger charge is 2.22. The highest BCUT2D eigenvalue weighted by Crippen LogP contribution is 2.23. The van der Waals surface area contributed by atoms with Gasteiger partial charge in [0.05, 0.1) is 27.2 Å². The number of para-hydroxylation sites is 1. The summed E-state index contributed by atoms with van der Waals surface area (Å²) >= 11 is 0. The number of nitrogens with one attached hydrogen (secondary N) is 4. The molecule has 1 fully saturated rings. The van der Waals surface area contributed by atoms with Crippen LogP contribution in [0.25, 0.3) is 11.0 Å². The third-order valence-corrected chi connectivity index (χ3v) is 6.27. The molecule has 28 heavy (non-hydrogen) atoms. The second-order valence-corrected chi connectivity index (χ2v) is 8.57. The summed E-state index contributed by atoms with van der Waals surface area (Å²) in [4.78, 5) is 29.1. The summed E-state index contributed by atoms with van der Waals surface area (Å²) < 4.78 is 28.1. The molecule has 1 aromatic heterocycles. The maximum absolute atomic E-state index is 12.8. The second-order valence-electron chi connectivity index (χ2n) is 6.89. The molecule has 1 saturated carbocycles. The predicted octanol–water partition coefficient (Wildman–Crippen LogP) is 2.33. The van der Waals surface area contributed by atoms with Gasteiger partial charge >= 0.3 is 5.69 Å². The maximum Gasteiger partial charge on any atom is 0.323 e. The summed E-state index contributed by atoms with van der Waals surface area (Å²) in [6.07, 6.45) is 4.05. The number of imidazole rings is 1. The number of aromatic nitrogens is 2. The lowest BCUT2D eigenvalue weighted by Gasteiger charge is -2.15. The van der Waals surface area contributed by atoms with Gasteiger partial charge in [-0.1, -0.05) is 25.0 Å². The molecule has 146 valence electrons. The van der Waals surface area contributed by atoms with Crippen molar-refractivity contribution >= 4 is 32.7 Å². The van der Waals surface area contributed by atoms with Crippen molar-refractivity contribution in [1.82, 2.24) is 15.3 Å². The number of anilines is 1. The number of fused-ring (bicyclic) bond motifs is 1. The Bertz CT molecular complexity index is 1190. The van der Waals surface area contributed by atoms with Crippen LogP contribution >= 0.6 is 0 Å². The number of rotatable bonds is 5. The van der Waals surface area contributed by atoms with E-state index in [9.17, 15) is 18.0 Å². The van der Waals surface area contributed by atoms with Gasteiger partial charge in [0, 0.05) is 6.04 Å². The average molecular weight is 400 g/mol. The number of hydrogen-bond donors (Lipinski definition) is 4. The number of carbonyl (C=O) groups excluding carboxylic acids is 1. The van der Waals surface area contributed by atoms with Gasteiger partial charge in [-0.3, -0.25) is 9.52 Å². The lowest BCUT2D eigenvalue weighted by molar-refractivity contribution is 0.0939. The average Bonchev–Trinajstić information content (AvgIpc) is 3.29. The van der Waals surface area contributed by atoms with Crippen molar-refractivity contribution in [2.45, 2.75) is 36.6 Å². The van der Waals surface area contributed by atoms with Crippen LogP contribution in [0.1, 0.15) is 36.0 Å². The van der Waals surface area contributed by atoms with E-state index in [1.54, 1.807) is 24.3 Å². The number of sulfonamides is 1. The monoisotopic (exact) mass is 400 g/mol. The van der Waals surface area contributed by atoms with E-state index in [-0.39, 0.29) is 28.1 Å². The van der Waals surface area contributed by atoms with Gasteiger partial charge in [0.15, 0.2) is 0 Å². The van der Waals surface area contributed by atoms with Gasteiger partial charge in [0.2, 0.25) is 0 Å². The van der Waals surface area contributed by atoms with E-state index in [1.807, 2.05) is 0 Å². The number of amides is 1. The first-order valence-corrected chi connectivity index (χ1v) is 10.6. The van der Waals surface area contributed by atoms with Crippen molar-refractivity contribution < 1.29 is 13.2 Å². The first-order chi connectivity index (χ1) is 13.4. The summed E-state index contributed by atoms with van der Waals surface area (Å²) in [6.45, 7) is 0. The van der Waals surface area contributed by atoms with Gasteiger partial charge in [0.1, 0.15) is 0 Å². The van der Waals surface area contributed by atoms with Gasteiger partial charge < -0.3 is 15.3 Å². The SMILES string of the molecule is O=C(NC1CCCC1)c1ccccc1NS(=O)(=O)c1ccc2[nH]c(=O)[nH]c2c1. The largest absolute Gasteiger partial charge is 0.349 e. The van der Waals surface area contributed by atoms with E-state index in [0.29, 0.717) is 11.0 Å². The van der Waals surface area contributed by atoms with Gasteiger partial charge in [-0.05, 0) is 43.2 Å². The van der Waals surface area contributed by atoms with Crippen LogP contribution in [0.2, 0.25) is 0 Å². The Morgan fingerprint density at radius 1 is 1.00 bits per heavy atom. The number of aromatic amines is 2. The van der Waals surface area contributed by atoms with Crippen LogP contribution in [-0.2, 0) is 10.0 Å². The molecule has 1 heterocycles. The Kier molecular flexibility index (Phi) is 4.68. The highest BCUT2D eigenvalue weighted by molar-refractivity contribution is 7.92. The summed E-state index contributed by atoms with van der Waals surface area (Å²) in [7, 11) is -3.94. The minimum atomic E-state index is -3.94. The topological polar surface area (TPSA) is 124 Å². The van der Waals surface area contributed by atoms with E-state index in [2.05, 4.69) is 20.0 Å². The minimum absolute atomic E-state index is 0.0127. The Balaban J connectivity index is 1.61. The Labute approximate surface area is 161 Å². The second kappa shape index (κ2) is 7.16. The molecule has 3 aromatic rings. The quantitative estimate of drug-likeness (QED) is 0.525.